The Morgan fingerprint density at radius 1 is 1.18 bits per heavy atom. The van der Waals surface area contributed by atoms with Gasteiger partial charge in [0.15, 0.2) is 15.8 Å². The third-order valence-corrected chi connectivity index (χ3v) is 4.64. The highest BCUT2D eigenvalue weighted by Crippen LogP contribution is 2.33. The van der Waals surface area contributed by atoms with Crippen LogP contribution in [0.3, 0.4) is 0 Å². The second-order valence-corrected chi connectivity index (χ2v) is 6.14. The van der Waals surface area contributed by atoms with Crippen LogP contribution in [0.4, 0.5) is 5.82 Å². The number of fused-ring (bicyclic) bond motifs is 1. The van der Waals surface area contributed by atoms with Crippen molar-refractivity contribution in [3.63, 3.8) is 0 Å². The Bertz CT molecular complexity index is 873. The summed E-state index contributed by atoms with van der Waals surface area (Å²) in [4.78, 5) is 27.3. The van der Waals surface area contributed by atoms with E-state index in [0.29, 0.717) is 15.8 Å². The van der Waals surface area contributed by atoms with Crippen molar-refractivity contribution in [2.75, 3.05) is 6.26 Å². The van der Waals surface area contributed by atoms with Crippen molar-refractivity contribution < 1.29 is 4.92 Å². The number of aromatic nitrogens is 6. The van der Waals surface area contributed by atoms with Gasteiger partial charge < -0.3 is 19.2 Å². The molecule has 0 aromatic carbocycles. The average Bonchev–Trinajstić information content (AvgIpc) is 3.03. The van der Waals surface area contributed by atoms with Crippen molar-refractivity contribution in [1.82, 2.24) is 29.1 Å². The molecule has 114 valence electrons. The standard InChI is InChI=1S/C11H11N7O2S2/c1-16-4-12-7-6(16)9(21-3)15-11(14-7)22-10-8(18(19)20)13-5-17(10)2/h4-5H,1-3H3. The lowest BCUT2D eigenvalue weighted by molar-refractivity contribution is -0.392. The Morgan fingerprint density at radius 2 is 1.91 bits per heavy atom. The van der Waals surface area contributed by atoms with Crippen LogP contribution < -0.4 is 0 Å². The fourth-order valence-corrected chi connectivity index (χ4v) is 3.44. The molecular formula is C11H11N7O2S2. The molecule has 11 heteroatoms. The molecule has 22 heavy (non-hydrogen) atoms. The van der Waals surface area contributed by atoms with E-state index in [0.717, 1.165) is 22.3 Å². The van der Waals surface area contributed by atoms with Gasteiger partial charge in [0, 0.05) is 14.1 Å². The molecule has 0 aliphatic heterocycles. The molecule has 3 rings (SSSR count). The van der Waals surface area contributed by atoms with Gasteiger partial charge in [0.25, 0.3) is 0 Å². The number of nitrogens with zero attached hydrogens (tertiary/aromatic N) is 7. The van der Waals surface area contributed by atoms with E-state index in [-0.39, 0.29) is 5.82 Å². The first-order chi connectivity index (χ1) is 10.5. The fraction of sp³-hybridized carbons (Fsp3) is 0.273. The van der Waals surface area contributed by atoms with Crippen molar-refractivity contribution >= 4 is 40.5 Å². The molecule has 0 N–H and O–H groups in total. The van der Waals surface area contributed by atoms with Gasteiger partial charge in [-0.25, -0.2) is 15.0 Å². The van der Waals surface area contributed by atoms with Gasteiger partial charge in [-0.05, 0) is 27.9 Å². The summed E-state index contributed by atoms with van der Waals surface area (Å²) in [5.74, 6) is -0.206. The number of hydrogen-bond donors (Lipinski definition) is 0. The maximum absolute atomic E-state index is 11.0. The van der Waals surface area contributed by atoms with E-state index in [1.165, 1.54) is 18.1 Å². The second-order valence-electron chi connectivity index (χ2n) is 4.39. The molecule has 3 heterocycles. The number of aryl methyl sites for hydroxylation is 2. The molecule has 0 bridgehead atoms. The lowest BCUT2D eigenvalue weighted by Gasteiger charge is -2.04. The Hall–Kier alpha value is -2.14. The molecule has 9 nitrogen and oxygen atoms in total. The van der Waals surface area contributed by atoms with Gasteiger partial charge in [0.2, 0.25) is 6.33 Å². The molecule has 3 aromatic rings. The summed E-state index contributed by atoms with van der Waals surface area (Å²) in [6.07, 6.45) is 4.98. The van der Waals surface area contributed by atoms with Crippen LogP contribution in [0.2, 0.25) is 0 Å². The molecule has 0 saturated carbocycles. The molecule has 0 amide bonds. The smallest absolute Gasteiger partial charge is 0.358 e. The van der Waals surface area contributed by atoms with E-state index in [2.05, 4.69) is 19.9 Å². The van der Waals surface area contributed by atoms with Gasteiger partial charge in [0.1, 0.15) is 10.5 Å². The van der Waals surface area contributed by atoms with Crippen molar-refractivity contribution in [3.05, 3.63) is 22.8 Å². The van der Waals surface area contributed by atoms with Gasteiger partial charge in [0.05, 0.1) is 6.33 Å². The zero-order valence-electron chi connectivity index (χ0n) is 11.9. The van der Waals surface area contributed by atoms with Gasteiger partial charge in [-0.1, -0.05) is 0 Å². The van der Waals surface area contributed by atoms with E-state index in [1.807, 2.05) is 17.9 Å². The van der Waals surface area contributed by atoms with Crippen molar-refractivity contribution in [2.24, 2.45) is 14.1 Å². The first-order valence-corrected chi connectivity index (χ1v) is 8.12. The molecule has 3 aromatic heterocycles. The van der Waals surface area contributed by atoms with E-state index in [1.54, 1.807) is 17.9 Å². The highest BCUT2D eigenvalue weighted by atomic mass is 32.2. The van der Waals surface area contributed by atoms with Gasteiger partial charge in [-0.15, -0.1) is 11.8 Å². The molecular weight excluding hydrogens is 326 g/mol. The maximum atomic E-state index is 11.0. The van der Waals surface area contributed by atoms with E-state index >= 15 is 0 Å². The largest absolute Gasteiger partial charge is 0.396 e. The number of nitro groups is 1. The molecule has 0 unspecified atom stereocenters. The number of imidazole rings is 2. The summed E-state index contributed by atoms with van der Waals surface area (Å²) in [6.45, 7) is 0. The molecule has 0 spiro atoms. The van der Waals surface area contributed by atoms with Crippen LogP contribution in [0, 0.1) is 10.1 Å². The summed E-state index contributed by atoms with van der Waals surface area (Å²) in [7, 11) is 3.56. The van der Waals surface area contributed by atoms with Crippen LogP contribution >= 0.6 is 23.5 Å². The predicted octanol–water partition coefficient (Wildman–Crippen LogP) is 1.88. The SMILES string of the molecule is CSc1nc(Sc2c([N+](=O)[O-])ncn2C)nc2ncn(C)c12. The minimum Gasteiger partial charge on any atom is -0.358 e. The van der Waals surface area contributed by atoms with E-state index < -0.39 is 4.92 Å². The third kappa shape index (κ3) is 2.41. The van der Waals surface area contributed by atoms with Crippen LogP contribution in [0.25, 0.3) is 11.2 Å². The molecule has 0 fully saturated rings. The first-order valence-electron chi connectivity index (χ1n) is 6.08. The summed E-state index contributed by atoms with van der Waals surface area (Å²) in [5.41, 5.74) is 1.41. The molecule has 0 radical (unpaired) electrons. The Kier molecular flexibility index (Phi) is 3.74. The summed E-state index contributed by atoms with van der Waals surface area (Å²) >= 11 is 2.58. The monoisotopic (exact) mass is 337 g/mol. The predicted molar refractivity (Wildman–Crippen MR) is 82.1 cm³/mol. The summed E-state index contributed by atoms with van der Waals surface area (Å²) in [5, 5.41) is 12.6. The van der Waals surface area contributed by atoms with Crippen LogP contribution in [0.15, 0.2) is 27.9 Å². The molecule has 0 aliphatic rings. The Balaban J connectivity index is 2.08. The third-order valence-electron chi connectivity index (χ3n) is 2.94. The number of thioether (sulfide) groups is 1. The zero-order valence-corrected chi connectivity index (χ0v) is 13.6. The first kappa shape index (κ1) is 14.8. The van der Waals surface area contributed by atoms with Crippen LogP contribution in [0.5, 0.6) is 0 Å². The van der Waals surface area contributed by atoms with Gasteiger partial charge >= 0.3 is 5.82 Å². The van der Waals surface area contributed by atoms with E-state index in [4.69, 9.17) is 0 Å². The lowest BCUT2D eigenvalue weighted by Crippen LogP contribution is -1.97. The topological polar surface area (TPSA) is 105 Å². The van der Waals surface area contributed by atoms with Crippen LogP contribution in [-0.2, 0) is 14.1 Å². The van der Waals surface area contributed by atoms with Crippen molar-refractivity contribution in [1.29, 1.82) is 0 Å². The maximum Gasteiger partial charge on any atom is 0.396 e. The molecule has 0 aliphatic carbocycles. The van der Waals surface area contributed by atoms with Crippen LogP contribution in [0.1, 0.15) is 0 Å². The normalized spacial score (nSPS) is 11.2. The van der Waals surface area contributed by atoms with E-state index in [9.17, 15) is 10.1 Å². The fourth-order valence-electron chi connectivity index (χ4n) is 1.93. The quantitative estimate of drug-likeness (QED) is 0.234. The minimum absolute atomic E-state index is 0.206. The van der Waals surface area contributed by atoms with Crippen molar-refractivity contribution in [3.8, 4) is 0 Å². The van der Waals surface area contributed by atoms with Gasteiger partial charge in [-0.2, -0.15) is 0 Å². The summed E-state index contributed by atoms with van der Waals surface area (Å²) in [6, 6.07) is 0. The van der Waals surface area contributed by atoms with Gasteiger partial charge in [-0.3, -0.25) is 0 Å². The van der Waals surface area contributed by atoms with Crippen molar-refractivity contribution in [2.45, 2.75) is 15.2 Å². The molecule has 0 atom stereocenters. The highest BCUT2D eigenvalue weighted by molar-refractivity contribution is 7.99. The van der Waals surface area contributed by atoms with Crippen LogP contribution in [-0.4, -0.2) is 40.2 Å². The second kappa shape index (κ2) is 5.57. The number of rotatable bonds is 4. The average molecular weight is 337 g/mol. The summed E-state index contributed by atoms with van der Waals surface area (Å²) < 4.78 is 3.43. The number of hydrogen-bond acceptors (Lipinski definition) is 8. The Labute approximate surface area is 133 Å². The molecule has 0 saturated heterocycles. The highest BCUT2D eigenvalue weighted by Gasteiger charge is 2.23. The zero-order chi connectivity index (χ0) is 15.9. The lowest BCUT2D eigenvalue weighted by atomic mass is 10.5. The minimum atomic E-state index is -0.517. The Morgan fingerprint density at radius 3 is 2.59 bits per heavy atom.